The van der Waals surface area contributed by atoms with Crippen LogP contribution >= 0.6 is 11.6 Å². The van der Waals surface area contributed by atoms with Crippen molar-refractivity contribution in [3.63, 3.8) is 0 Å². The maximum absolute atomic E-state index is 11.3. The normalized spacial score (nSPS) is 9.88. The van der Waals surface area contributed by atoms with Crippen molar-refractivity contribution in [2.45, 2.75) is 6.42 Å². The molecule has 0 unspecified atom stereocenters. The third-order valence-electron chi connectivity index (χ3n) is 2.23. The molecule has 4 nitrogen and oxygen atoms in total. The first kappa shape index (κ1) is 11.4. The van der Waals surface area contributed by atoms with Gasteiger partial charge < -0.3 is 5.32 Å². The topological polar surface area (TPSA) is 65.8 Å². The molecule has 0 aliphatic rings. The molecule has 1 aromatic carbocycles. The average molecular weight is 246 g/mol. The summed E-state index contributed by atoms with van der Waals surface area (Å²) in [6.07, 6.45) is 1.44. The maximum Gasteiger partial charge on any atom is 0.238 e. The molecule has 84 valence electrons. The van der Waals surface area contributed by atoms with Gasteiger partial charge in [-0.15, -0.1) is 0 Å². The molecular formula is C12H8ClN3O. The molecule has 0 aliphatic carbocycles. The first-order chi connectivity index (χ1) is 8.22. The zero-order chi connectivity index (χ0) is 12.3. The van der Waals surface area contributed by atoms with Gasteiger partial charge in [-0.2, -0.15) is 5.26 Å². The minimum atomic E-state index is -0.359. The molecule has 1 heterocycles. The third kappa shape index (κ3) is 2.35. The zero-order valence-corrected chi connectivity index (χ0v) is 9.53. The maximum atomic E-state index is 11.3. The Labute approximate surface area is 103 Å². The summed E-state index contributed by atoms with van der Waals surface area (Å²) >= 11 is 6.02. The number of fused-ring (bicyclic) bond motifs is 1. The van der Waals surface area contributed by atoms with Crippen LogP contribution in [0.4, 0.5) is 5.69 Å². The van der Waals surface area contributed by atoms with E-state index < -0.39 is 0 Å². The second-order valence-electron chi connectivity index (χ2n) is 3.38. The highest BCUT2D eigenvalue weighted by atomic mass is 35.5. The van der Waals surface area contributed by atoms with E-state index in [1.54, 1.807) is 30.5 Å². The predicted molar refractivity (Wildman–Crippen MR) is 65.6 cm³/mol. The van der Waals surface area contributed by atoms with Gasteiger partial charge in [0.1, 0.15) is 6.42 Å². The van der Waals surface area contributed by atoms with Crippen LogP contribution in [0.2, 0.25) is 5.02 Å². The van der Waals surface area contributed by atoms with Crippen LogP contribution in [-0.2, 0) is 4.79 Å². The van der Waals surface area contributed by atoms with Crippen molar-refractivity contribution in [2.75, 3.05) is 5.32 Å². The molecular weight excluding hydrogens is 238 g/mol. The van der Waals surface area contributed by atoms with Crippen molar-refractivity contribution in [2.24, 2.45) is 0 Å². The predicted octanol–water partition coefficient (Wildman–Crippen LogP) is 2.74. The van der Waals surface area contributed by atoms with Gasteiger partial charge >= 0.3 is 0 Å². The Balaban J connectivity index is 2.45. The van der Waals surface area contributed by atoms with Crippen molar-refractivity contribution >= 4 is 34.1 Å². The van der Waals surface area contributed by atoms with Gasteiger partial charge in [0.25, 0.3) is 0 Å². The number of rotatable bonds is 2. The van der Waals surface area contributed by atoms with Crippen molar-refractivity contribution in [3.05, 3.63) is 35.5 Å². The largest absolute Gasteiger partial charge is 0.323 e. The van der Waals surface area contributed by atoms with E-state index in [-0.39, 0.29) is 12.3 Å². The first-order valence-electron chi connectivity index (χ1n) is 4.92. The molecule has 1 aromatic heterocycles. The lowest BCUT2D eigenvalue weighted by Crippen LogP contribution is -2.10. The highest BCUT2D eigenvalue weighted by Gasteiger charge is 2.08. The molecule has 0 atom stereocenters. The summed E-state index contributed by atoms with van der Waals surface area (Å²) in [6.45, 7) is 0. The number of carbonyl (C=O) groups excluding carboxylic acids is 1. The van der Waals surface area contributed by atoms with Crippen molar-refractivity contribution in [1.82, 2.24) is 4.98 Å². The molecule has 17 heavy (non-hydrogen) atoms. The number of anilines is 1. The van der Waals surface area contributed by atoms with Gasteiger partial charge in [-0.25, -0.2) is 0 Å². The Kier molecular flexibility index (Phi) is 3.22. The number of nitrogens with zero attached hydrogens (tertiary/aromatic N) is 2. The molecule has 2 aromatic rings. The molecule has 2 rings (SSSR count). The second-order valence-corrected chi connectivity index (χ2v) is 3.78. The SMILES string of the molecule is N#CCC(=O)Nc1ccc(Cl)c2cccnc12. The summed E-state index contributed by atoms with van der Waals surface area (Å²) in [4.78, 5) is 15.5. The van der Waals surface area contributed by atoms with Gasteiger partial charge in [0.15, 0.2) is 0 Å². The summed E-state index contributed by atoms with van der Waals surface area (Å²) in [7, 11) is 0. The Morgan fingerprint density at radius 3 is 3.06 bits per heavy atom. The van der Waals surface area contributed by atoms with Crippen LogP contribution in [0.3, 0.4) is 0 Å². The zero-order valence-electron chi connectivity index (χ0n) is 8.77. The molecule has 1 N–H and O–H groups in total. The number of pyridine rings is 1. The summed E-state index contributed by atoms with van der Waals surface area (Å²) in [5.74, 6) is -0.359. The van der Waals surface area contributed by atoms with Crippen LogP contribution in [0, 0.1) is 11.3 Å². The number of nitrogens with one attached hydrogen (secondary N) is 1. The van der Waals surface area contributed by atoms with E-state index in [9.17, 15) is 4.79 Å². The number of aromatic nitrogens is 1. The van der Waals surface area contributed by atoms with E-state index in [1.807, 2.05) is 6.07 Å². The molecule has 0 radical (unpaired) electrons. The Morgan fingerprint density at radius 2 is 2.29 bits per heavy atom. The van der Waals surface area contributed by atoms with Crippen LogP contribution < -0.4 is 5.32 Å². The van der Waals surface area contributed by atoms with Crippen molar-refractivity contribution in [3.8, 4) is 6.07 Å². The Bertz CT molecular complexity index is 619. The van der Waals surface area contributed by atoms with Gasteiger partial charge in [-0.3, -0.25) is 9.78 Å². The smallest absolute Gasteiger partial charge is 0.238 e. The van der Waals surface area contributed by atoms with Crippen LogP contribution in [0.5, 0.6) is 0 Å². The van der Waals surface area contributed by atoms with E-state index in [2.05, 4.69) is 10.3 Å². The third-order valence-corrected chi connectivity index (χ3v) is 2.56. The fourth-order valence-corrected chi connectivity index (χ4v) is 1.72. The van der Waals surface area contributed by atoms with E-state index in [1.165, 1.54) is 0 Å². The van der Waals surface area contributed by atoms with E-state index in [0.717, 1.165) is 5.39 Å². The fourth-order valence-electron chi connectivity index (χ4n) is 1.50. The fraction of sp³-hybridized carbons (Fsp3) is 0.0833. The van der Waals surface area contributed by atoms with Gasteiger partial charge in [0, 0.05) is 11.6 Å². The van der Waals surface area contributed by atoms with Gasteiger partial charge in [0.2, 0.25) is 5.91 Å². The average Bonchev–Trinajstić information content (AvgIpc) is 2.34. The molecule has 0 aliphatic heterocycles. The van der Waals surface area contributed by atoms with Gasteiger partial charge in [-0.1, -0.05) is 11.6 Å². The second kappa shape index (κ2) is 4.81. The monoisotopic (exact) mass is 245 g/mol. The summed E-state index contributed by atoms with van der Waals surface area (Å²) in [5, 5.41) is 12.4. The molecule has 0 saturated heterocycles. The summed E-state index contributed by atoms with van der Waals surface area (Å²) in [5.41, 5.74) is 1.18. The van der Waals surface area contributed by atoms with Crippen LogP contribution in [0.25, 0.3) is 10.9 Å². The van der Waals surface area contributed by atoms with Crippen LogP contribution in [0.1, 0.15) is 6.42 Å². The standard InChI is InChI=1S/C12H8ClN3O/c13-9-3-4-10(16-11(17)5-6-14)12-8(9)2-1-7-15-12/h1-4,7H,5H2,(H,16,17). The molecule has 0 saturated carbocycles. The molecule has 0 spiro atoms. The molecule has 5 heteroatoms. The number of halogens is 1. The summed E-state index contributed by atoms with van der Waals surface area (Å²) < 4.78 is 0. The first-order valence-corrected chi connectivity index (χ1v) is 5.30. The lowest BCUT2D eigenvalue weighted by Gasteiger charge is -2.07. The lowest BCUT2D eigenvalue weighted by atomic mass is 10.2. The number of carbonyl (C=O) groups is 1. The molecule has 1 amide bonds. The highest BCUT2D eigenvalue weighted by molar-refractivity contribution is 6.35. The Morgan fingerprint density at radius 1 is 1.47 bits per heavy atom. The van der Waals surface area contributed by atoms with Gasteiger partial charge in [0.05, 0.1) is 22.3 Å². The van der Waals surface area contributed by atoms with Gasteiger partial charge in [-0.05, 0) is 24.3 Å². The number of hydrogen-bond donors (Lipinski definition) is 1. The van der Waals surface area contributed by atoms with E-state index in [0.29, 0.717) is 16.2 Å². The number of nitriles is 1. The van der Waals surface area contributed by atoms with Crippen molar-refractivity contribution < 1.29 is 4.79 Å². The number of hydrogen-bond acceptors (Lipinski definition) is 3. The van der Waals surface area contributed by atoms with E-state index >= 15 is 0 Å². The Hall–Kier alpha value is -2.12. The number of benzene rings is 1. The van der Waals surface area contributed by atoms with Crippen molar-refractivity contribution in [1.29, 1.82) is 5.26 Å². The number of amides is 1. The summed E-state index contributed by atoms with van der Waals surface area (Å²) in [6, 6.07) is 8.75. The quantitative estimate of drug-likeness (QED) is 0.885. The van der Waals surface area contributed by atoms with Crippen LogP contribution in [0.15, 0.2) is 30.5 Å². The molecule has 0 fully saturated rings. The highest BCUT2D eigenvalue weighted by Crippen LogP contribution is 2.27. The lowest BCUT2D eigenvalue weighted by molar-refractivity contribution is -0.115. The minimum Gasteiger partial charge on any atom is -0.323 e. The molecule has 0 bridgehead atoms. The van der Waals surface area contributed by atoms with E-state index in [4.69, 9.17) is 16.9 Å². The minimum absolute atomic E-state index is 0.184. The van der Waals surface area contributed by atoms with Crippen LogP contribution in [-0.4, -0.2) is 10.9 Å².